The number of nitrogens with one attached hydrogen (secondary N) is 2. The molecule has 59 heavy (non-hydrogen) atoms. The minimum absolute atomic E-state index is 0.140. The maximum atomic E-state index is 13.2. The Balaban J connectivity index is 0.991. The molecule has 10 heteroatoms. The summed E-state index contributed by atoms with van der Waals surface area (Å²) in [5.74, 6) is 2.35. The number of aromatic amines is 2. The number of ether oxygens (including phenoxy) is 2. The SMILES string of the molecule is C[C@H]1CC(c2ncc(-c3ccc(-c4ccc(-c5ccc6nc(C7C[C@H](C)CN7C(=O)OC(C)(C)C)[nH]c6c5)c5c4CC4(CCCC4)C5)cc3)[nH]2)N(C(=O)OC(C)(C)C)C1. The molecule has 4 aliphatic rings. The second kappa shape index (κ2) is 14.6. The summed E-state index contributed by atoms with van der Waals surface area (Å²) >= 11 is 0. The third-order valence-corrected chi connectivity index (χ3v) is 13.0. The number of benzene rings is 3. The lowest BCUT2D eigenvalue weighted by molar-refractivity contribution is 0.0204. The number of carbonyl (C=O) groups excluding carboxylic acids is 2. The lowest BCUT2D eigenvalue weighted by atomic mass is 9.82. The van der Waals surface area contributed by atoms with Crippen LogP contribution in [-0.2, 0) is 22.3 Å². The summed E-state index contributed by atoms with van der Waals surface area (Å²) in [4.78, 5) is 47.0. The Bertz CT molecular complexity index is 2390. The Labute approximate surface area is 348 Å². The molecule has 310 valence electrons. The summed E-state index contributed by atoms with van der Waals surface area (Å²) in [6.07, 6.45) is 10.4. The van der Waals surface area contributed by atoms with Crippen molar-refractivity contribution in [2.45, 2.75) is 130 Å². The minimum atomic E-state index is -0.555. The largest absolute Gasteiger partial charge is 0.444 e. The molecule has 0 radical (unpaired) electrons. The first kappa shape index (κ1) is 39.3. The predicted molar refractivity (Wildman–Crippen MR) is 232 cm³/mol. The maximum Gasteiger partial charge on any atom is 0.410 e. The number of amides is 2. The number of aromatic nitrogens is 4. The van der Waals surface area contributed by atoms with Gasteiger partial charge in [0.25, 0.3) is 0 Å². The van der Waals surface area contributed by atoms with Crippen LogP contribution in [0.1, 0.15) is 129 Å². The van der Waals surface area contributed by atoms with Gasteiger partial charge in [-0.3, -0.25) is 9.80 Å². The zero-order valence-electron chi connectivity index (χ0n) is 36.1. The average molecular weight is 797 g/mol. The van der Waals surface area contributed by atoms with Crippen LogP contribution in [0.2, 0.25) is 0 Å². The van der Waals surface area contributed by atoms with Gasteiger partial charge in [0, 0.05) is 13.1 Å². The van der Waals surface area contributed by atoms with Gasteiger partial charge in [0.15, 0.2) is 0 Å². The van der Waals surface area contributed by atoms with E-state index in [4.69, 9.17) is 19.4 Å². The van der Waals surface area contributed by atoms with Gasteiger partial charge in [-0.2, -0.15) is 0 Å². The van der Waals surface area contributed by atoms with Crippen LogP contribution in [0.5, 0.6) is 0 Å². The molecule has 2 amide bonds. The van der Waals surface area contributed by atoms with Crippen LogP contribution in [0.15, 0.2) is 60.8 Å². The van der Waals surface area contributed by atoms with Crippen molar-refractivity contribution in [1.82, 2.24) is 29.7 Å². The quantitative estimate of drug-likeness (QED) is 0.183. The summed E-state index contributed by atoms with van der Waals surface area (Å²) < 4.78 is 11.5. The second-order valence-electron chi connectivity index (χ2n) is 20.3. The molecule has 3 fully saturated rings. The first-order valence-corrected chi connectivity index (χ1v) is 21.8. The van der Waals surface area contributed by atoms with E-state index in [-0.39, 0.29) is 24.3 Å². The molecule has 2 aliphatic carbocycles. The number of carbonyl (C=O) groups is 2. The van der Waals surface area contributed by atoms with E-state index in [2.05, 4.69) is 78.4 Å². The van der Waals surface area contributed by atoms with E-state index in [0.29, 0.717) is 30.3 Å². The van der Waals surface area contributed by atoms with Crippen molar-refractivity contribution in [2.75, 3.05) is 13.1 Å². The van der Waals surface area contributed by atoms with Crippen LogP contribution >= 0.6 is 0 Å². The van der Waals surface area contributed by atoms with Gasteiger partial charge in [0.2, 0.25) is 0 Å². The molecule has 9 rings (SSSR count). The van der Waals surface area contributed by atoms with E-state index in [9.17, 15) is 9.59 Å². The number of likely N-dealkylation sites (tertiary alicyclic amines) is 2. The predicted octanol–water partition coefficient (Wildman–Crippen LogP) is 11.6. The molecular weight excluding hydrogens is 737 g/mol. The molecule has 2 aliphatic heterocycles. The molecule has 10 nitrogen and oxygen atoms in total. The summed E-state index contributed by atoms with van der Waals surface area (Å²) in [5, 5.41) is 0. The van der Waals surface area contributed by atoms with E-state index in [1.54, 1.807) is 0 Å². The third-order valence-electron chi connectivity index (χ3n) is 13.0. The zero-order chi connectivity index (χ0) is 41.4. The Morgan fingerprint density at radius 3 is 1.80 bits per heavy atom. The normalized spacial score (nSPS) is 22.8. The van der Waals surface area contributed by atoms with Gasteiger partial charge < -0.3 is 19.4 Å². The first-order chi connectivity index (χ1) is 28.0. The number of fused-ring (bicyclic) bond motifs is 2. The maximum absolute atomic E-state index is 13.2. The van der Waals surface area contributed by atoms with Crippen molar-refractivity contribution in [3.05, 3.63) is 83.6 Å². The fourth-order valence-electron chi connectivity index (χ4n) is 10.4. The van der Waals surface area contributed by atoms with Gasteiger partial charge in [-0.1, -0.05) is 69.2 Å². The highest BCUT2D eigenvalue weighted by atomic mass is 16.6. The fourth-order valence-corrected chi connectivity index (χ4v) is 10.4. The lowest BCUT2D eigenvalue weighted by Gasteiger charge is -2.27. The Morgan fingerprint density at radius 2 is 1.22 bits per heavy atom. The van der Waals surface area contributed by atoms with Gasteiger partial charge in [0.1, 0.15) is 22.9 Å². The van der Waals surface area contributed by atoms with E-state index >= 15 is 0 Å². The van der Waals surface area contributed by atoms with Crippen LogP contribution in [0.25, 0.3) is 44.5 Å². The molecule has 2 unspecified atom stereocenters. The number of rotatable bonds is 5. The van der Waals surface area contributed by atoms with Crippen LogP contribution in [0.3, 0.4) is 0 Å². The number of hydrogen-bond donors (Lipinski definition) is 2. The van der Waals surface area contributed by atoms with Crippen LogP contribution in [-0.4, -0.2) is 66.2 Å². The second-order valence-corrected chi connectivity index (χ2v) is 20.3. The fraction of sp³-hybridized carbons (Fsp3) is 0.510. The smallest absolute Gasteiger partial charge is 0.410 e. The summed E-state index contributed by atoms with van der Waals surface area (Å²) in [7, 11) is 0. The van der Waals surface area contributed by atoms with Gasteiger partial charge in [-0.15, -0.1) is 0 Å². The Morgan fingerprint density at radius 1 is 0.695 bits per heavy atom. The standard InChI is InChI=1S/C49H60N6O4/c1-29-21-41(54(27-29)45(56)58-47(3,4)5)43-50-26-40(53-43)32-13-11-31(12-14-32)34-16-17-35(37-25-49(24-36(34)37)19-9-10-20-49)33-15-18-38-39(23-33)52-44(51-38)42-22-30(2)28-55(42)46(57)59-48(6,7)8/h11-18,23,26,29-30,41-42H,9-10,19-22,24-25,27-28H2,1-8H3,(H,50,53)(H,51,52)/t29-,30-,41?,42?/m0/s1. The Hall–Kier alpha value is -5.12. The lowest BCUT2D eigenvalue weighted by Crippen LogP contribution is -2.37. The van der Waals surface area contributed by atoms with E-state index < -0.39 is 11.2 Å². The third kappa shape index (κ3) is 7.75. The highest BCUT2D eigenvalue weighted by molar-refractivity contribution is 5.86. The molecular formula is C49H60N6O4. The highest BCUT2D eigenvalue weighted by Gasteiger charge is 2.43. The monoisotopic (exact) mass is 796 g/mol. The number of imidazole rings is 2. The zero-order valence-corrected chi connectivity index (χ0v) is 36.1. The van der Waals surface area contributed by atoms with Crippen molar-refractivity contribution in [1.29, 1.82) is 0 Å². The molecule has 1 spiro atoms. The number of nitrogens with zero attached hydrogens (tertiary/aromatic N) is 4. The van der Waals surface area contributed by atoms with Crippen molar-refractivity contribution in [3.63, 3.8) is 0 Å². The van der Waals surface area contributed by atoms with Gasteiger partial charge in [-0.25, -0.2) is 19.6 Å². The minimum Gasteiger partial charge on any atom is -0.444 e. The molecule has 2 saturated heterocycles. The van der Waals surface area contributed by atoms with Gasteiger partial charge >= 0.3 is 12.2 Å². The first-order valence-electron chi connectivity index (χ1n) is 21.8. The van der Waals surface area contributed by atoms with E-state index in [0.717, 1.165) is 59.6 Å². The summed E-state index contributed by atoms with van der Waals surface area (Å²) in [5.41, 5.74) is 11.1. The Kier molecular flexibility index (Phi) is 9.71. The van der Waals surface area contributed by atoms with Crippen LogP contribution in [0.4, 0.5) is 9.59 Å². The number of hydrogen-bond acceptors (Lipinski definition) is 6. The molecule has 0 bridgehead atoms. The van der Waals surface area contributed by atoms with Crippen molar-refractivity contribution in [2.24, 2.45) is 17.3 Å². The molecule has 4 heterocycles. The van der Waals surface area contributed by atoms with Crippen molar-refractivity contribution >= 4 is 23.2 Å². The highest BCUT2D eigenvalue weighted by Crippen LogP contribution is 2.53. The molecule has 5 aromatic rings. The summed E-state index contributed by atoms with van der Waals surface area (Å²) in [6, 6.07) is 19.9. The molecule has 4 atom stereocenters. The van der Waals surface area contributed by atoms with Crippen molar-refractivity contribution < 1.29 is 19.1 Å². The van der Waals surface area contributed by atoms with Crippen LogP contribution in [0, 0.1) is 17.3 Å². The molecule has 2 N–H and O–H groups in total. The molecule has 1 saturated carbocycles. The topological polar surface area (TPSA) is 116 Å². The van der Waals surface area contributed by atoms with E-state index in [1.807, 2.05) is 57.5 Å². The summed E-state index contributed by atoms with van der Waals surface area (Å²) in [6.45, 7) is 17.1. The van der Waals surface area contributed by atoms with Gasteiger partial charge in [-0.05, 0) is 148 Å². The van der Waals surface area contributed by atoms with Crippen LogP contribution < -0.4 is 0 Å². The average Bonchev–Trinajstić information content (AvgIpc) is 4.02. The van der Waals surface area contributed by atoms with Crippen molar-refractivity contribution in [3.8, 4) is 33.5 Å². The van der Waals surface area contributed by atoms with E-state index in [1.165, 1.54) is 59.1 Å². The molecule has 2 aromatic heterocycles. The van der Waals surface area contributed by atoms with Gasteiger partial charge in [0.05, 0.1) is 35.0 Å². The number of H-pyrrole nitrogens is 2. The molecule has 3 aromatic carbocycles.